The van der Waals surface area contributed by atoms with E-state index < -0.39 is 0 Å². The highest BCUT2D eigenvalue weighted by molar-refractivity contribution is 5.93. The SMILES string of the molecule is Cc1ccc(-c2cc(C(=O)N3CCCCC3CN)[nH]n2)cc1. The van der Waals surface area contributed by atoms with Gasteiger partial charge in [0.2, 0.25) is 0 Å². The van der Waals surface area contributed by atoms with E-state index in [1.807, 2.05) is 42.2 Å². The molecule has 1 aromatic heterocycles. The highest BCUT2D eigenvalue weighted by Crippen LogP contribution is 2.22. The molecular weight excluding hydrogens is 276 g/mol. The van der Waals surface area contributed by atoms with Crippen molar-refractivity contribution in [1.82, 2.24) is 15.1 Å². The van der Waals surface area contributed by atoms with Gasteiger partial charge in [0.25, 0.3) is 5.91 Å². The van der Waals surface area contributed by atoms with E-state index in [9.17, 15) is 4.79 Å². The summed E-state index contributed by atoms with van der Waals surface area (Å²) in [7, 11) is 0. The van der Waals surface area contributed by atoms with E-state index >= 15 is 0 Å². The smallest absolute Gasteiger partial charge is 0.272 e. The number of likely N-dealkylation sites (tertiary alicyclic amines) is 1. The third-order valence-corrected chi connectivity index (χ3v) is 4.32. The number of hydrogen-bond donors (Lipinski definition) is 2. The Balaban J connectivity index is 1.80. The quantitative estimate of drug-likeness (QED) is 0.913. The zero-order chi connectivity index (χ0) is 15.5. The number of carbonyl (C=O) groups excluding carboxylic acids is 1. The third-order valence-electron chi connectivity index (χ3n) is 4.32. The third kappa shape index (κ3) is 2.90. The van der Waals surface area contributed by atoms with Gasteiger partial charge in [0, 0.05) is 24.7 Å². The molecule has 2 heterocycles. The van der Waals surface area contributed by atoms with Gasteiger partial charge in [-0.2, -0.15) is 5.10 Å². The molecule has 0 saturated carbocycles. The standard InChI is InChI=1S/C17H22N4O/c1-12-5-7-13(8-6-12)15-10-16(20-19-15)17(22)21-9-3-2-4-14(21)11-18/h5-8,10,14H,2-4,9,11,18H2,1H3,(H,19,20). The number of aryl methyl sites for hydroxylation is 1. The van der Waals surface area contributed by atoms with Crippen molar-refractivity contribution in [1.29, 1.82) is 0 Å². The second-order valence-electron chi connectivity index (χ2n) is 5.92. The van der Waals surface area contributed by atoms with Crippen LogP contribution in [-0.4, -0.2) is 40.1 Å². The minimum absolute atomic E-state index is 0.000937. The fourth-order valence-electron chi connectivity index (χ4n) is 2.97. The predicted molar refractivity (Wildman–Crippen MR) is 86.5 cm³/mol. The topological polar surface area (TPSA) is 75.0 Å². The Labute approximate surface area is 130 Å². The number of nitrogens with zero attached hydrogens (tertiary/aromatic N) is 2. The van der Waals surface area contributed by atoms with Gasteiger partial charge in [-0.1, -0.05) is 29.8 Å². The molecule has 1 aliphatic heterocycles. The zero-order valence-corrected chi connectivity index (χ0v) is 12.9. The van der Waals surface area contributed by atoms with Crippen LogP contribution in [0.5, 0.6) is 0 Å². The Bertz CT molecular complexity index is 647. The lowest BCUT2D eigenvalue weighted by Crippen LogP contribution is -2.47. The minimum Gasteiger partial charge on any atom is -0.333 e. The summed E-state index contributed by atoms with van der Waals surface area (Å²) >= 11 is 0. The molecule has 2 aromatic rings. The van der Waals surface area contributed by atoms with Gasteiger partial charge < -0.3 is 10.6 Å². The van der Waals surface area contributed by atoms with Gasteiger partial charge in [0.05, 0.1) is 5.69 Å². The van der Waals surface area contributed by atoms with Crippen LogP contribution in [0.25, 0.3) is 11.3 Å². The fourth-order valence-corrected chi connectivity index (χ4v) is 2.97. The average molecular weight is 298 g/mol. The first kappa shape index (κ1) is 14.8. The number of H-pyrrole nitrogens is 1. The minimum atomic E-state index is 0.000937. The summed E-state index contributed by atoms with van der Waals surface area (Å²) < 4.78 is 0. The molecule has 0 spiro atoms. The Morgan fingerprint density at radius 1 is 1.36 bits per heavy atom. The van der Waals surface area contributed by atoms with E-state index in [4.69, 9.17) is 5.73 Å². The zero-order valence-electron chi connectivity index (χ0n) is 12.9. The van der Waals surface area contributed by atoms with Crippen LogP contribution in [-0.2, 0) is 0 Å². The van der Waals surface area contributed by atoms with Crippen LogP contribution in [0, 0.1) is 6.92 Å². The monoisotopic (exact) mass is 298 g/mol. The summed E-state index contributed by atoms with van der Waals surface area (Å²) in [6, 6.07) is 10.1. The van der Waals surface area contributed by atoms with Crippen LogP contribution in [0.2, 0.25) is 0 Å². The molecule has 1 unspecified atom stereocenters. The van der Waals surface area contributed by atoms with Crippen LogP contribution >= 0.6 is 0 Å². The number of carbonyl (C=O) groups is 1. The molecule has 1 fully saturated rings. The van der Waals surface area contributed by atoms with Gasteiger partial charge in [-0.15, -0.1) is 0 Å². The molecule has 22 heavy (non-hydrogen) atoms. The maximum atomic E-state index is 12.7. The van der Waals surface area contributed by atoms with E-state index in [1.165, 1.54) is 5.56 Å². The highest BCUT2D eigenvalue weighted by Gasteiger charge is 2.27. The van der Waals surface area contributed by atoms with Gasteiger partial charge in [-0.3, -0.25) is 9.89 Å². The molecule has 0 radical (unpaired) electrons. The van der Waals surface area contributed by atoms with E-state index in [2.05, 4.69) is 10.2 Å². The number of rotatable bonds is 3. The molecule has 1 saturated heterocycles. The summed E-state index contributed by atoms with van der Waals surface area (Å²) in [5, 5.41) is 7.16. The second kappa shape index (κ2) is 6.32. The normalized spacial score (nSPS) is 18.5. The predicted octanol–water partition coefficient (Wildman–Crippen LogP) is 2.34. The summed E-state index contributed by atoms with van der Waals surface area (Å²) in [5.41, 5.74) is 9.35. The van der Waals surface area contributed by atoms with Crippen molar-refractivity contribution < 1.29 is 4.79 Å². The molecule has 0 aliphatic carbocycles. The number of aromatic amines is 1. The molecular formula is C17H22N4O. The Morgan fingerprint density at radius 3 is 2.86 bits per heavy atom. The van der Waals surface area contributed by atoms with Crippen LogP contribution in [0.1, 0.15) is 35.3 Å². The highest BCUT2D eigenvalue weighted by atomic mass is 16.2. The largest absolute Gasteiger partial charge is 0.333 e. The first-order valence-corrected chi connectivity index (χ1v) is 7.82. The van der Waals surface area contributed by atoms with Crippen molar-refractivity contribution in [3.8, 4) is 11.3 Å². The van der Waals surface area contributed by atoms with Gasteiger partial charge in [0.1, 0.15) is 5.69 Å². The number of hydrogen-bond acceptors (Lipinski definition) is 3. The number of amides is 1. The molecule has 5 nitrogen and oxygen atoms in total. The molecule has 1 aromatic carbocycles. The van der Waals surface area contributed by atoms with E-state index in [1.54, 1.807) is 0 Å². The molecule has 1 aliphatic rings. The summed E-state index contributed by atoms with van der Waals surface area (Å²) in [6.07, 6.45) is 3.17. The second-order valence-corrected chi connectivity index (χ2v) is 5.92. The average Bonchev–Trinajstić information content (AvgIpc) is 3.05. The van der Waals surface area contributed by atoms with Crippen LogP contribution in [0.4, 0.5) is 0 Å². The maximum absolute atomic E-state index is 12.7. The molecule has 5 heteroatoms. The van der Waals surface area contributed by atoms with Gasteiger partial charge in [0.15, 0.2) is 0 Å². The van der Waals surface area contributed by atoms with E-state index in [0.29, 0.717) is 12.2 Å². The van der Waals surface area contributed by atoms with Gasteiger partial charge in [-0.05, 0) is 32.3 Å². The Hall–Kier alpha value is -2.14. The molecule has 116 valence electrons. The fraction of sp³-hybridized carbons (Fsp3) is 0.412. The lowest BCUT2D eigenvalue weighted by molar-refractivity contribution is 0.0617. The van der Waals surface area contributed by atoms with Crippen molar-refractivity contribution in [2.45, 2.75) is 32.2 Å². The van der Waals surface area contributed by atoms with Gasteiger partial charge >= 0.3 is 0 Å². The van der Waals surface area contributed by atoms with Crippen molar-refractivity contribution in [2.24, 2.45) is 5.73 Å². The van der Waals surface area contributed by atoms with Crippen molar-refractivity contribution in [3.05, 3.63) is 41.6 Å². The molecule has 0 bridgehead atoms. The van der Waals surface area contributed by atoms with Gasteiger partial charge in [-0.25, -0.2) is 0 Å². The summed E-state index contributed by atoms with van der Waals surface area (Å²) in [4.78, 5) is 14.6. The van der Waals surface area contributed by atoms with E-state index in [-0.39, 0.29) is 11.9 Å². The van der Waals surface area contributed by atoms with Crippen LogP contribution in [0.3, 0.4) is 0 Å². The number of piperidine rings is 1. The van der Waals surface area contributed by atoms with Crippen molar-refractivity contribution in [2.75, 3.05) is 13.1 Å². The van der Waals surface area contributed by atoms with Crippen molar-refractivity contribution >= 4 is 5.91 Å². The lowest BCUT2D eigenvalue weighted by atomic mass is 10.0. The molecule has 3 rings (SSSR count). The maximum Gasteiger partial charge on any atom is 0.272 e. The molecule has 1 atom stereocenters. The lowest BCUT2D eigenvalue weighted by Gasteiger charge is -2.34. The number of nitrogens with one attached hydrogen (secondary N) is 1. The first-order valence-electron chi connectivity index (χ1n) is 7.82. The number of aromatic nitrogens is 2. The molecule has 1 amide bonds. The Kier molecular flexibility index (Phi) is 4.24. The van der Waals surface area contributed by atoms with Crippen molar-refractivity contribution in [3.63, 3.8) is 0 Å². The van der Waals surface area contributed by atoms with E-state index in [0.717, 1.165) is 37.1 Å². The number of benzene rings is 1. The molecule has 3 N–H and O–H groups in total. The first-order chi connectivity index (χ1) is 10.7. The summed E-state index contributed by atoms with van der Waals surface area (Å²) in [6.45, 7) is 3.34. The van der Waals surface area contributed by atoms with Crippen LogP contribution in [0.15, 0.2) is 30.3 Å². The van der Waals surface area contributed by atoms with Crippen LogP contribution < -0.4 is 5.73 Å². The summed E-state index contributed by atoms with van der Waals surface area (Å²) in [5.74, 6) is 0.000937. The number of nitrogens with two attached hydrogens (primary N) is 1. The Morgan fingerprint density at radius 2 is 2.14 bits per heavy atom.